The summed E-state index contributed by atoms with van der Waals surface area (Å²) >= 11 is 6.68. The Balaban J connectivity index is 1.57. The maximum absolute atomic E-state index is 12.2. The Hall–Kier alpha value is -3.37. The van der Waals surface area contributed by atoms with Gasteiger partial charge in [0.15, 0.2) is 5.82 Å². The van der Waals surface area contributed by atoms with Gasteiger partial charge in [-0.25, -0.2) is 14.8 Å². The number of nitrogens with zero attached hydrogens (tertiary/aromatic N) is 5. The maximum Gasteiger partial charge on any atom is 0.409 e. The topological polar surface area (TPSA) is 114 Å². The van der Waals surface area contributed by atoms with Crippen LogP contribution in [0.25, 0.3) is 22.6 Å². The van der Waals surface area contributed by atoms with E-state index in [1.54, 1.807) is 17.0 Å². The number of halogens is 1. The Morgan fingerprint density at radius 1 is 1.23 bits per heavy atom. The predicted molar refractivity (Wildman–Crippen MR) is 147 cm³/mol. The molecule has 2 saturated heterocycles. The van der Waals surface area contributed by atoms with E-state index >= 15 is 0 Å². The number of piperazine rings is 1. The van der Waals surface area contributed by atoms with Crippen molar-refractivity contribution in [2.24, 2.45) is 0 Å². The minimum atomic E-state index is -0.544. The SMILES string of the molecule is CCC[C@@H](O)COc1ccc(Cl)c(-c2nc(-c3c(C)noc3C)c(C)c(N3C[C@@H]4C[C@H]3CN4C(=O)OC)n2)c1. The van der Waals surface area contributed by atoms with Crippen molar-refractivity contribution in [3.63, 3.8) is 0 Å². The van der Waals surface area contributed by atoms with Crippen molar-refractivity contribution in [2.45, 2.75) is 65.1 Å². The van der Waals surface area contributed by atoms with Gasteiger partial charge in [-0.05, 0) is 51.8 Å². The third kappa shape index (κ3) is 5.15. The number of methoxy groups -OCH3 is 1. The Morgan fingerprint density at radius 3 is 2.67 bits per heavy atom. The molecule has 2 aromatic heterocycles. The van der Waals surface area contributed by atoms with Gasteiger partial charge in [-0.1, -0.05) is 30.1 Å². The molecule has 3 atom stereocenters. The van der Waals surface area contributed by atoms with Crippen LogP contribution in [0.2, 0.25) is 5.02 Å². The van der Waals surface area contributed by atoms with Gasteiger partial charge in [-0.2, -0.15) is 0 Å². The summed E-state index contributed by atoms with van der Waals surface area (Å²) in [6.07, 6.45) is 1.54. The molecule has 1 aromatic carbocycles. The number of carbonyl (C=O) groups excluding carboxylic acids is 1. The third-order valence-corrected chi connectivity index (χ3v) is 7.88. The average Bonchev–Trinajstić information content (AvgIpc) is 3.62. The van der Waals surface area contributed by atoms with Gasteiger partial charge in [0.2, 0.25) is 0 Å². The highest BCUT2D eigenvalue weighted by atomic mass is 35.5. The Morgan fingerprint density at radius 2 is 2.03 bits per heavy atom. The van der Waals surface area contributed by atoms with Crippen molar-refractivity contribution >= 4 is 23.5 Å². The van der Waals surface area contributed by atoms with Gasteiger partial charge in [-0.3, -0.25) is 0 Å². The standard InChI is InChI=1S/C28H34ClN5O5/c1-6-7-20(35)14-38-21-8-9-23(29)22(11-21)26-30-25(24-16(3)32-39-17(24)4)15(2)27(31-26)33-12-19-10-18(33)13-34(19)28(36)37-5/h8-9,11,18-20,35H,6-7,10,12-14H2,1-5H3/t18-,19-,20+/m0/s1. The molecule has 0 saturated carbocycles. The molecule has 208 valence electrons. The fraction of sp³-hybridized carbons (Fsp3) is 0.500. The van der Waals surface area contributed by atoms with Crippen molar-refractivity contribution in [1.29, 1.82) is 0 Å². The van der Waals surface area contributed by atoms with E-state index in [1.165, 1.54) is 7.11 Å². The van der Waals surface area contributed by atoms with Crippen LogP contribution >= 0.6 is 11.6 Å². The van der Waals surface area contributed by atoms with E-state index in [0.717, 1.165) is 41.2 Å². The quantitative estimate of drug-likeness (QED) is 0.412. The number of likely N-dealkylation sites (tertiary alicyclic amines) is 1. The molecular weight excluding hydrogens is 522 g/mol. The lowest BCUT2D eigenvalue weighted by Gasteiger charge is -2.35. The van der Waals surface area contributed by atoms with Crippen LogP contribution in [0.3, 0.4) is 0 Å². The number of rotatable bonds is 8. The lowest BCUT2D eigenvalue weighted by atomic mass is 10.0. The molecule has 2 bridgehead atoms. The van der Waals surface area contributed by atoms with Crippen LogP contribution < -0.4 is 9.64 Å². The van der Waals surface area contributed by atoms with Crippen molar-refractivity contribution in [1.82, 2.24) is 20.0 Å². The van der Waals surface area contributed by atoms with E-state index in [1.807, 2.05) is 33.8 Å². The highest BCUT2D eigenvalue weighted by Gasteiger charge is 2.47. The second kappa shape index (κ2) is 11.0. The Kier molecular flexibility index (Phi) is 7.68. The van der Waals surface area contributed by atoms with Crippen LogP contribution in [0.15, 0.2) is 22.7 Å². The van der Waals surface area contributed by atoms with Gasteiger partial charge in [0.25, 0.3) is 0 Å². The number of fused-ring (bicyclic) bond motifs is 2. The molecule has 0 radical (unpaired) electrons. The highest BCUT2D eigenvalue weighted by Crippen LogP contribution is 2.41. The van der Waals surface area contributed by atoms with Crippen LogP contribution in [-0.4, -0.2) is 76.2 Å². The molecular formula is C28H34ClN5O5. The molecule has 0 unspecified atom stereocenters. The van der Waals surface area contributed by atoms with E-state index in [9.17, 15) is 9.90 Å². The van der Waals surface area contributed by atoms with Gasteiger partial charge in [-0.15, -0.1) is 0 Å². The lowest BCUT2D eigenvalue weighted by Crippen LogP contribution is -2.49. The minimum Gasteiger partial charge on any atom is -0.491 e. The van der Waals surface area contributed by atoms with Crippen LogP contribution in [-0.2, 0) is 4.74 Å². The van der Waals surface area contributed by atoms with E-state index in [4.69, 9.17) is 35.6 Å². The average molecular weight is 556 g/mol. The number of anilines is 1. The number of hydrogen-bond donors (Lipinski definition) is 1. The second-order valence-electron chi connectivity index (χ2n) is 10.3. The molecule has 11 heteroatoms. The molecule has 39 heavy (non-hydrogen) atoms. The first-order chi connectivity index (χ1) is 18.7. The molecule has 2 fully saturated rings. The van der Waals surface area contributed by atoms with Crippen LogP contribution in [0.5, 0.6) is 5.75 Å². The fourth-order valence-corrected chi connectivity index (χ4v) is 5.81. The second-order valence-corrected chi connectivity index (χ2v) is 10.7. The normalized spacial score (nSPS) is 19.1. The summed E-state index contributed by atoms with van der Waals surface area (Å²) in [5.74, 6) is 2.47. The number of amides is 1. The molecule has 1 N–H and O–H groups in total. The number of aliphatic hydroxyl groups is 1. The fourth-order valence-electron chi connectivity index (χ4n) is 5.61. The molecule has 0 aliphatic carbocycles. The lowest BCUT2D eigenvalue weighted by molar-refractivity contribution is 0.0994. The Bertz CT molecular complexity index is 1360. The number of carbonyl (C=O) groups is 1. The predicted octanol–water partition coefficient (Wildman–Crippen LogP) is 4.95. The maximum atomic E-state index is 12.2. The van der Waals surface area contributed by atoms with Gasteiger partial charge < -0.3 is 28.9 Å². The van der Waals surface area contributed by atoms with Crippen molar-refractivity contribution in [3.05, 3.63) is 40.2 Å². The molecule has 3 aromatic rings. The third-order valence-electron chi connectivity index (χ3n) is 7.56. The first-order valence-electron chi connectivity index (χ1n) is 13.3. The number of aryl methyl sites for hydroxylation is 2. The molecule has 1 amide bonds. The molecule has 2 aliphatic heterocycles. The van der Waals surface area contributed by atoms with Crippen molar-refractivity contribution in [2.75, 3.05) is 31.7 Å². The molecule has 10 nitrogen and oxygen atoms in total. The summed E-state index contributed by atoms with van der Waals surface area (Å²) in [4.78, 5) is 26.3. The van der Waals surface area contributed by atoms with E-state index in [0.29, 0.717) is 47.4 Å². The molecule has 5 rings (SSSR count). The van der Waals surface area contributed by atoms with Crippen LogP contribution in [0, 0.1) is 20.8 Å². The first kappa shape index (κ1) is 27.2. The zero-order chi connectivity index (χ0) is 27.8. The van der Waals surface area contributed by atoms with Gasteiger partial charge in [0.1, 0.15) is 23.9 Å². The highest BCUT2D eigenvalue weighted by molar-refractivity contribution is 6.33. The van der Waals surface area contributed by atoms with Crippen molar-refractivity contribution in [3.8, 4) is 28.4 Å². The number of benzene rings is 1. The summed E-state index contributed by atoms with van der Waals surface area (Å²) in [5.41, 5.74) is 3.80. The summed E-state index contributed by atoms with van der Waals surface area (Å²) in [6, 6.07) is 5.50. The smallest absolute Gasteiger partial charge is 0.409 e. The molecule has 4 heterocycles. The first-order valence-corrected chi connectivity index (χ1v) is 13.6. The monoisotopic (exact) mass is 555 g/mol. The van der Waals surface area contributed by atoms with Gasteiger partial charge >= 0.3 is 6.09 Å². The zero-order valence-electron chi connectivity index (χ0n) is 22.9. The summed E-state index contributed by atoms with van der Waals surface area (Å²) < 4.78 is 16.3. The summed E-state index contributed by atoms with van der Waals surface area (Å²) in [6.45, 7) is 9.18. The Labute approximate surface area is 232 Å². The zero-order valence-corrected chi connectivity index (χ0v) is 23.7. The number of aliphatic hydroxyl groups excluding tert-OH is 1. The summed E-state index contributed by atoms with van der Waals surface area (Å²) in [5, 5.41) is 14.8. The molecule has 2 aliphatic rings. The van der Waals surface area contributed by atoms with E-state index in [2.05, 4.69) is 10.1 Å². The minimum absolute atomic E-state index is 0.0534. The molecule has 0 spiro atoms. The van der Waals surface area contributed by atoms with Gasteiger partial charge in [0, 0.05) is 24.2 Å². The number of ether oxygens (including phenoxy) is 2. The number of aromatic nitrogens is 3. The van der Waals surface area contributed by atoms with E-state index in [-0.39, 0.29) is 24.8 Å². The largest absolute Gasteiger partial charge is 0.491 e. The summed E-state index contributed by atoms with van der Waals surface area (Å²) in [7, 11) is 1.41. The van der Waals surface area contributed by atoms with Gasteiger partial charge in [0.05, 0.1) is 47.3 Å². The van der Waals surface area contributed by atoms with Crippen molar-refractivity contribution < 1.29 is 23.9 Å². The number of hydrogen-bond acceptors (Lipinski definition) is 9. The van der Waals surface area contributed by atoms with Crippen LogP contribution in [0.1, 0.15) is 43.2 Å². The van der Waals surface area contributed by atoms with Crippen LogP contribution in [0.4, 0.5) is 10.6 Å². The van der Waals surface area contributed by atoms with E-state index < -0.39 is 6.10 Å².